The zero-order chi connectivity index (χ0) is 22.8. The van der Waals surface area contributed by atoms with E-state index in [1.807, 2.05) is 23.7 Å². The number of tetrazole rings is 1. The Morgan fingerprint density at radius 3 is 2.61 bits per heavy atom. The van der Waals surface area contributed by atoms with Crippen molar-refractivity contribution in [3.05, 3.63) is 51.1 Å². The first-order chi connectivity index (χ1) is 14.7. The number of aromatic amines is 1. The summed E-state index contributed by atoms with van der Waals surface area (Å²) in [5.74, 6) is 0.756. The molecular formula is C23H34N6O2. The second-order valence-corrected chi connectivity index (χ2v) is 9.29. The topological polar surface area (TPSA) is 99.9 Å². The van der Waals surface area contributed by atoms with Crippen LogP contribution in [0.3, 0.4) is 0 Å². The summed E-state index contributed by atoms with van der Waals surface area (Å²) in [6.07, 6.45) is 1.75. The zero-order valence-electron chi connectivity index (χ0n) is 19.4. The van der Waals surface area contributed by atoms with E-state index in [-0.39, 0.29) is 23.7 Å². The highest BCUT2D eigenvalue weighted by atomic mass is 16.3. The highest BCUT2D eigenvalue weighted by molar-refractivity contribution is 5.83. The fourth-order valence-corrected chi connectivity index (χ4v) is 4.15. The first kappa shape index (κ1) is 23.1. The van der Waals surface area contributed by atoms with Gasteiger partial charge in [0.2, 0.25) is 0 Å². The molecule has 0 bridgehead atoms. The molecule has 3 rings (SSSR count). The van der Waals surface area contributed by atoms with E-state index in [2.05, 4.69) is 66.1 Å². The van der Waals surface area contributed by atoms with Gasteiger partial charge in [0.25, 0.3) is 5.56 Å². The van der Waals surface area contributed by atoms with E-state index in [0.29, 0.717) is 18.7 Å². The van der Waals surface area contributed by atoms with Gasteiger partial charge in [-0.2, -0.15) is 0 Å². The van der Waals surface area contributed by atoms with Gasteiger partial charge < -0.3 is 10.1 Å². The van der Waals surface area contributed by atoms with Crippen LogP contribution in [0.2, 0.25) is 0 Å². The molecule has 3 aromatic rings. The second-order valence-electron chi connectivity index (χ2n) is 9.29. The first-order valence-corrected chi connectivity index (χ1v) is 10.9. The molecule has 8 nitrogen and oxygen atoms in total. The zero-order valence-corrected chi connectivity index (χ0v) is 19.4. The van der Waals surface area contributed by atoms with Gasteiger partial charge in [-0.25, -0.2) is 4.68 Å². The molecule has 168 valence electrons. The molecule has 1 atom stereocenters. The van der Waals surface area contributed by atoms with Gasteiger partial charge in [0.05, 0.1) is 18.2 Å². The molecule has 8 heteroatoms. The number of fused-ring (bicyclic) bond motifs is 1. The number of hydrogen-bond acceptors (Lipinski definition) is 6. The summed E-state index contributed by atoms with van der Waals surface area (Å²) in [5, 5.41) is 23.3. The molecule has 1 aromatic carbocycles. The van der Waals surface area contributed by atoms with Crippen LogP contribution in [-0.2, 0) is 12.1 Å². The number of nitrogens with one attached hydrogen (secondary N) is 1. The Balaban J connectivity index is 2.04. The number of aromatic nitrogens is 5. The Bertz CT molecular complexity index is 1100. The van der Waals surface area contributed by atoms with Gasteiger partial charge >= 0.3 is 0 Å². The van der Waals surface area contributed by atoms with Crippen LogP contribution in [0, 0.1) is 13.8 Å². The van der Waals surface area contributed by atoms with Crippen LogP contribution in [0.1, 0.15) is 69.1 Å². The second kappa shape index (κ2) is 9.28. The van der Waals surface area contributed by atoms with Crippen molar-refractivity contribution < 1.29 is 5.11 Å². The number of pyridine rings is 1. The highest BCUT2D eigenvalue weighted by Gasteiger charge is 2.30. The van der Waals surface area contributed by atoms with Crippen molar-refractivity contribution in [3.63, 3.8) is 0 Å². The van der Waals surface area contributed by atoms with Crippen molar-refractivity contribution in [1.29, 1.82) is 0 Å². The van der Waals surface area contributed by atoms with Gasteiger partial charge in [0.1, 0.15) is 0 Å². The van der Waals surface area contributed by atoms with E-state index in [4.69, 9.17) is 0 Å². The van der Waals surface area contributed by atoms with E-state index < -0.39 is 0 Å². The Labute approximate surface area is 183 Å². The van der Waals surface area contributed by atoms with Crippen molar-refractivity contribution >= 4 is 10.9 Å². The minimum atomic E-state index is -0.273. The van der Waals surface area contributed by atoms with Gasteiger partial charge in [0, 0.05) is 29.6 Å². The molecule has 1 unspecified atom stereocenters. The Hall–Kier alpha value is -2.58. The quantitative estimate of drug-likeness (QED) is 0.574. The molecule has 2 aromatic heterocycles. The van der Waals surface area contributed by atoms with E-state index in [9.17, 15) is 9.90 Å². The van der Waals surface area contributed by atoms with Crippen LogP contribution in [0.25, 0.3) is 10.9 Å². The van der Waals surface area contributed by atoms with Crippen LogP contribution >= 0.6 is 0 Å². The van der Waals surface area contributed by atoms with Gasteiger partial charge in [0.15, 0.2) is 5.82 Å². The normalized spacial score (nSPS) is 13.3. The molecule has 0 aliphatic heterocycles. The van der Waals surface area contributed by atoms with E-state index >= 15 is 0 Å². The standard InChI is InChI=1S/C23H34N6O2/c1-7-8-20(21-25-26-27-29(21)23(4,5)6)28(9-10-30)14-17-13-18-16(3)11-15(2)12-19(18)24-22(17)31/h11-13,20,30H,7-10,14H2,1-6H3,(H,24,31). The summed E-state index contributed by atoms with van der Waals surface area (Å²) in [5.41, 5.74) is 3.39. The number of nitrogens with zero attached hydrogens (tertiary/aromatic N) is 5. The minimum Gasteiger partial charge on any atom is -0.395 e. The lowest BCUT2D eigenvalue weighted by Crippen LogP contribution is -2.37. The monoisotopic (exact) mass is 426 g/mol. The van der Waals surface area contributed by atoms with Crippen LogP contribution in [-0.4, -0.2) is 48.3 Å². The van der Waals surface area contributed by atoms with Crippen molar-refractivity contribution in [2.45, 2.75) is 72.5 Å². The SMILES string of the molecule is CCCC(c1nnnn1C(C)(C)C)N(CCO)Cc1cc2c(C)cc(C)cc2[nH]c1=O. The summed E-state index contributed by atoms with van der Waals surface area (Å²) < 4.78 is 1.84. The van der Waals surface area contributed by atoms with Crippen molar-refractivity contribution in [2.75, 3.05) is 13.2 Å². The molecule has 0 aliphatic rings. The van der Waals surface area contributed by atoms with E-state index in [1.165, 1.54) is 0 Å². The lowest BCUT2D eigenvalue weighted by atomic mass is 10.0. The van der Waals surface area contributed by atoms with Crippen LogP contribution < -0.4 is 5.56 Å². The first-order valence-electron chi connectivity index (χ1n) is 10.9. The molecule has 0 fully saturated rings. The van der Waals surface area contributed by atoms with Crippen molar-refractivity contribution in [1.82, 2.24) is 30.1 Å². The van der Waals surface area contributed by atoms with Crippen LogP contribution in [0.5, 0.6) is 0 Å². The molecule has 0 saturated heterocycles. The lowest BCUT2D eigenvalue weighted by Gasteiger charge is -2.32. The maximum absolute atomic E-state index is 12.9. The fraction of sp³-hybridized carbons (Fsp3) is 0.565. The third-order valence-electron chi connectivity index (χ3n) is 5.58. The van der Waals surface area contributed by atoms with Gasteiger partial charge in [-0.05, 0) is 74.7 Å². The Kier molecular flexibility index (Phi) is 6.91. The minimum absolute atomic E-state index is 0.0129. The Morgan fingerprint density at radius 2 is 1.97 bits per heavy atom. The number of rotatable bonds is 8. The molecule has 0 amide bonds. The molecule has 0 spiro atoms. The number of aliphatic hydroxyl groups excluding tert-OH is 1. The van der Waals surface area contributed by atoms with Crippen molar-refractivity contribution in [3.8, 4) is 0 Å². The van der Waals surface area contributed by atoms with Gasteiger partial charge in [-0.1, -0.05) is 19.4 Å². The highest BCUT2D eigenvalue weighted by Crippen LogP contribution is 2.28. The molecule has 0 aliphatic carbocycles. The van der Waals surface area contributed by atoms with Crippen molar-refractivity contribution in [2.24, 2.45) is 0 Å². The molecule has 2 heterocycles. The number of aryl methyl sites for hydroxylation is 2. The van der Waals surface area contributed by atoms with E-state index in [0.717, 1.165) is 40.7 Å². The maximum atomic E-state index is 12.9. The molecule has 0 radical (unpaired) electrons. The summed E-state index contributed by atoms with van der Waals surface area (Å²) in [7, 11) is 0. The summed E-state index contributed by atoms with van der Waals surface area (Å²) >= 11 is 0. The molecule has 0 saturated carbocycles. The predicted molar refractivity (Wildman–Crippen MR) is 122 cm³/mol. The van der Waals surface area contributed by atoms with Gasteiger partial charge in [-0.3, -0.25) is 9.69 Å². The smallest absolute Gasteiger partial charge is 0.252 e. The average molecular weight is 427 g/mol. The van der Waals surface area contributed by atoms with Crippen LogP contribution in [0.4, 0.5) is 0 Å². The summed E-state index contributed by atoms with van der Waals surface area (Å²) in [4.78, 5) is 18.0. The third-order valence-corrected chi connectivity index (χ3v) is 5.58. The number of hydrogen-bond donors (Lipinski definition) is 2. The number of aliphatic hydroxyl groups is 1. The van der Waals surface area contributed by atoms with Gasteiger partial charge in [-0.15, -0.1) is 5.10 Å². The predicted octanol–water partition coefficient (Wildman–Crippen LogP) is 3.22. The maximum Gasteiger partial charge on any atom is 0.252 e. The molecule has 2 N–H and O–H groups in total. The average Bonchev–Trinajstić information content (AvgIpc) is 3.16. The lowest BCUT2D eigenvalue weighted by molar-refractivity contribution is 0.123. The molecular weight excluding hydrogens is 392 g/mol. The number of benzene rings is 1. The number of H-pyrrole nitrogens is 1. The Morgan fingerprint density at radius 1 is 1.23 bits per heavy atom. The summed E-state index contributed by atoms with van der Waals surface area (Å²) in [6, 6.07) is 5.98. The third kappa shape index (κ3) is 5.02. The fourth-order valence-electron chi connectivity index (χ4n) is 4.15. The molecule has 31 heavy (non-hydrogen) atoms. The summed E-state index contributed by atoms with van der Waals surface area (Å²) in [6.45, 7) is 13.2. The van der Waals surface area contributed by atoms with Crippen LogP contribution in [0.15, 0.2) is 23.0 Å². The van der Waals surface area contributed by atoms with E-state index in [1.54, 1.807) is 0 Å². The largest absolute Gasteiger partial charge is 0.395 e.